The second-order valence-corrected chi connectivity index (χ2v) is 10.4. The number of carbonyl (C=O) groups excluding carboxylic acids is 1. The van der Waals surface area contributed by atoms with E-state index in [1.54, 1.807) is 38.1 Å². The van der Waals surface area contributed by atoms with Gasteiger partial charge in [0.25, 0.3) is 0 Å². The van der Waals surface area contributed by atoms with Crippen LogP contribution < -0.4 is 16.0 Å². The van der Waals surface area contributed by atoms with E-state index < -0.39 is 15.1 Å². The zero-order valence-corrected chi connectivity index (χ0v) is 20.4. The van der Waals surface area contributed by atoms with Gasteiger partial charge in [-0.25, -0.2) is 18.4 Å². The van der Waals surface area contributed by atoms with Crippen molar-refractivity contribution < 1.29 is 13.2 Å². The van der Waals surface area contributed by atoms with Gasteiger partial charge >= 0.3 is 0 Å². The first-order chi connectivity index (χ1) is 15.6. The van der Waals surface area contributed by atoms with Crippen LogP contribution in [-0.4, -0.2) is 40.4 Å². The Kier molecular flexibility index (Phi) is 7.72. The highest BCUT2D eigenvalue weighted by Crippen LogP contribution is 2.30. The fourth-order valence-corrected chi connectivity index (χ4v) is 4.01. The molecule has 3 N–H and O–H groups in total. The minimum atomic E-state index is -3.64. The molecule has 33 heavy (non-hydrogen) atoms. The van der Waals surface area contributed by atoms with E-state index in [-0.39, 0.29) is 39.3 Å². The van der Waals surface area contributed by atoms with E-state index in [4.69, 9.17) is 23.2 Å². The third-order valence-electron chi connectivity index (χ3n) is 4.55. The number of hydrogen-bond donors (Lipinski definition) is 3. The van der Waals surface area contributed by atoms with Crippen molar-refractivity contribution in [1.29, 1.82) is 0 Å². The SMILES string of the molecule is Cc1ccc(NC(=O)CCl)cc1Nc1ncc(Cl)c(Nc2cccnc2S(=O)(=O)C(C)C)n1. The number of halogens is 2. The molecule has 3 aromatic rings. The average molecular weight is 509 g/mol. The largest absolute Gasteiger partial charge is 0.336 e. The van der Waals surface area contributed by atoms with E-state index in [9.17, 15) is 13.2 Å². The molecule has 0 atom stereocenters. The number of rotatable bonds is 8. The molecule has 0 radical (unpaired) electrons. The number of nitrogens with one attached hydrogen (secondary N) is 3. The van der Waals surface area contributed by atoms with Crippen molar-refractivity contribution in [2.45, 2.75) is 31.0 Å². The first kappa shape index (κ1) is 24.7. The van der Waals surface area contributed by atoms with Crippen LogP contribution in [0, 0.1) is 6.92 Å². The first-order valence-electron chi connectivity index (χ1n) is 9.83. The Morgan fingerprint density at radius 3 is 2.58 bits per heavy atom. The molecule has 0 fully saturated rings. The summed E-state index contributed by atoms with van der Waals surface area (Å²) in [5.74, 6) is -0.0756. The molecule has 174 valence electrons. The van der Waals surface area contributed by atoms with Crippen LogP contribution in [-0.2, 0) is 14.6 Å². The number of sulfone groups is 1. The number of nitrogens with zero attached hydrogens (tertiary/aromatic N) is 3. The Hall–Kier alpha value is -2.95. The number of aromatic nitrogens is 3. The topological polar surface area (TPSA) is 126 Å². The highest BCUT2D eigenvalue weighted by atomic mass is 35.5. The zero-order valence-electron chi connectivity index (χ0n) is 18.1. The third-order valence-corrected chi connectivity index (χ3v) is 7.17. The van der Waals surface area contributed by atoms with Crippen LogP contribution in [0.3, 0.4) is 0 Å². The van der Waals surface area contributed by atoms with E-state index in [2.05, 4.69) is 30.9 Å². The number of hydrogen-bond acceptors (Lipinski definition) is 8. The maximum Gasteiger partial charge on any atom is 0.239 e. The van der Waals surface area contributed by atoms with Gasteiger partial charge < -0.3 is 16.0 Å². The van der Waals surface area contributed by atoms with E-state index in [1.807, 2.05) is 13.0 Å². The van der Waals surface area contributed by atoms with Gasteiger partial charge in [-0.15, -0.1) is 11.6 Å². The van der Waals surface area contributed by atoms with Gasteiger partial charge in [0.15, 0.2) is 20.7 Å². The number of anilines is 5. The lowest BCUT2D eigenvalue weighted by Crippen LogP contribution is -2.17. The lowest BCUT2D eigenvalue weighted by Gasteiger charge is -2.15. The molecule has 0 saturated heterocycles. The minimum absolute atomic E-state index is 0.0947. The van der Waals surface area contributed by atoms with Crippen molar-refractivity contribution in [3.05, 3.63) is 53.3 Å². The Labute approximate surface area is 201 Å². The molecule has 2 heterocycles. The molecular formula is C21H22Cl2N6O3S. The number of benzene rings is 1. The summed E-state index contributed by atoms with van der Waals surface area (Å²) < 4.78 is 25.4. The van der Waals surface area contributed by atoms with Crippen molar-refractivity contribution in [3.8, 4) is 0 Å². The lowest BCUT2D eigenvalue weighted by atomic mass is 10.2. The molecule has 0 spiro atoms. The molecule has 0 aliphatic rings. The number of alkyl halides is 1. The Balaban J connectivity index is 1.91. The van der Waals surface area contributed by atoms with Crippen LogP contribution in [0.5, 0.6) is 0 Å². The lowest BCUT2D eigenvalue weighted by molar-refractivity contribution is -0.113. The summed E-state index contributed by atoms with van der Waals surface area (Å²) in [6, 6.07) is 8.49. The zero-order chi connectivity index (χ0) is 24.2. The summed E-state index contributed by atoms with van der Waals surface area (Å²) in [6.07, 6.45) is 2.80. The number of pyridine rings is 1. The molecule has 0 unspecified atom stereocenters. The van der Waals surface area contributed by atoms with E-state index in [0.717, 1.165) is 5.56 Å². The Morgan fingerprint density at radius 1 is 1.12 bits per heavy atom. The Morgan fingerprint density at radius 2 is 1.88 bits per heavy atom. The maximum absolute atomic E-state index is 12.7. The van der Waals surface area contributed by atoms with Crippen molar-refractivity contribution in [2.75, 3.05) is 21.8 Å². The van der Waals surface area contributed by atoms with E-state index in [0.29, 0.717) is 11.4 Å². The molecule has 1 amide bonds. The molecule has 1 aromatic carbocycles. The van der Waals surface area contributed by atoms with Crippen molar-refractivity contribution in [3.63, 3.8) is 0 Å². The second kappa shape index (κ2) is 10.3. The van der Waals surface area contributed by atoms with Crippen LogP contribution in [0.25, 0.3) is 0 Å². The molecule has 0 saturated carbocycles. The quantitative estimate of drug-likeness (QED) is 0.374. The van der Waals surface area contributed by atoms with Gasteiger partial charge in [0.1, 0.15) is 10.9 Å². The maximum atomic E-state index is 12.7. The summed E-state index contributed by atoms with van der Waals surface area (Å²) in [6.45, 7) is 5.04. The normalized spacial score (nSPS) is 11.3. The second-order valence-electron chi connectivity index (χ2n) is 7.30. The van der Waals surface area contributed by atoms with Gasteiger partial charge in [0.05, 0.1) is 17.1 Å². The van der Waals surface area contributed by atoms with E-state index >= 15 is 0 Å². The summed E-state index contributed by atoms with van der Waals surface area (Å²) >= 11 is 11.8. The van der Waals surface area contributed by atoms with Crippen molar-refractivity contribution in [2.24, 2.45) is 0 Å². The van der Waals surface area contributed by atoms with Crippen LogP contribution in [0.2, 0.25) is 5.02 Å². The molecule has 0 bridgehead atoms. The van der Waals surface area contributed by atoms with Gasteiger partial charge in [-0.05, 0) is 50.6 Å². The highest BCUT2D eigenvalue weighted by molar-refractivity contribution is 7.92. The summed E-state index contributed by atoms with van der Waals surface area (Å²) in [7, 11) is -3.64. The van der Waals surface area contributed by atoms with Crippen LogP contribution in [0.15, 0.2) is 47.8 Å². The number of aryl methyl sites for hydroxylation is 1. The monoisotopic (exact) mass is 508 g/mol. The summed E-state index contributed by atoms with van der Waals surface area (Å²) in [4.78, 5) is 24.2. The van der Waals surface area contributed by atoms with Gasteiger partial charge in [0, 0.05) is 17.6 Å². The van der Waals surface area contributed by atoms with Crippen LogP contribution in [0.1, 0.15) is 19.4 Å². The molecule has 2 aromatic heterocycles. The highest BCUT2D eigenvalue weighted by Gasteiger charge is 2.25. The van der Waals surface area contributed by atoms with Crippen molar-refractivity contribution in [1.82, 2.24) is 15.0 Å². The number of carbonyl (C=O) groups is 1. The third kappa shape index (κ3) is 5.89. The predicted molar refractivity (Wildman–Crippen MR) is 131 cm³/mol. The van der Waals surface area contributed by atoms with Crippen molar-refractivity contribution >= 4 is 67.8 Å². The first-order valence-corrected chi connectivity index (χ1v) is 12.3. The predicted octanol–water partition coefficient (Wildman–Crippen LogP) is 4.68. The average Bonchev–Trinajstić information content (AvgIpc) is 2.78. The molecule has 9 nitrogen and oxygen atoms in total. The fourth-order valence-electron chi connectivity index (χ4n) is 2.73. The fraction of sp³-hybridized carbons (Fsp3) is 0.238. The van der Waals surface area contributed by atoms with Gasteiger partial charge in [-0.3, -0.25) is 4.79 Å². The van der Waals surface area contributed by atoms with E-state index in [1.165, 1.54) is 12.4 Å². The molecule has 0 aliphatic heterocycles. The van der Waals surface area contributed by atoms with Crippen LogP contribution >= 0.6 is 23.2 Å². The van der Waals surface area contributed by atoms with Gasteiger partial charge in [-0.1, -0.05) is 17.7 Å². The Bertz CT molecular complexity index is 1280. The summed E-state index contributed by atoms with van der Waals surface area (Å²) in [5.41, 5.74) is 2.34. The summed E-state index contributed by atoms with van der Waals surface area (Å²) in [5, 5.41) is 8.16. The molecule has 3 rings (SSSR count). The minimum Gasteiger partial charge on any atom is -0.336 e. The van der Waals surface area contributed by atoms with Gasteiger partial charge in [-0.2, -0.15) is 4.98 Å². The molecule has 0 aliphatic carbocycles. The smallest absolute Gasteiger partial charge is 0.239 e. The van der Waals surface area contributed by atoms with Gasteiger partial charge in [0.2, 0.25) is 11.9 Å². The number of amides is 1. The molecule has 12 heteroatoms. The molecular weight excluding hydrogens is 487 g/mol. The van der Waals surface area contributed by atoms with Crippen LogP contribution in [0.4, 0.5) is 28.8 Å². The standard InChI is InChI=1S/C21H22Cl2N6O3S/c1-12(2)33(31,32)20-16(5-4-8-24-20)27-19-15(23)11-25-21(29-19)28-17-9-14(7-6-13(17)3)26-18(30)10-22/h4-9,11-12H,10H2,1-3H3,(H,26,30)(H2,25,27,28,29).